The van der Waals surface area contributed by atoms with Crippen LogP contribution in [0, 0.1) is 18.3 Å². The number of methoxy groups -OCH3 is 1. The quantitative estimate of drug-likeness (QED) is 0.503. The van der Waals surface area contributed by atoms with E-state index in [1.807, 2.05) is 31.2 Å². The van der Waals surface area contributed by atoms with E-state index in [9.17, 15) is 0 Å². The first-order valence-corrected chi connectivity index (χ1v) is 11.6. The molecule has 0 amide bonds. The van der Waals surface area contributed by atoms with Gasteiger partial charge in [0.05, 0.1) is 18.7 Å². The summed E-state index contributed by atoms with van der Waals surface area (Å²) in [6, 6.07) is 11.7. The lowest BCUT2D eigenvalue weighted by Crippen LogP contribution is -2.81. The van der Waals surface area contributed by atoms with E-state index in [4.69, 9.17) is 20.0 Å². The lowest BCUT2D eigenvalue weighted by atomic mass is 9.57. The summed E-state index contributed by atoms with van der Waals surface area (Å²) in [6.07, 6.45) is 6.29. The molecule has 3 aliphatic heterocycles. The number of ether oxygens (including phenoxy) is 1. The zero-order valence-electron chi connectivity index (χ0n) is 18.9. The van der Waals surface area contributed by atoms with Gasteiger partial charge in [0.15, 0.2) is 5.82 Å². The Bertz CT molecular complexity index is 1230. The molecule has 2 aromatic heterocycles. The lowest BCUT2D eigenvalue weighted by Gasteiger charge is -2.74. The third-order valence-corrected chi connectivity index (χ3v) is 7.57. The van der Waals surface area contributed by atoms with Crippen LogP contribution in [-0.2, 0) is 0 Å². The van der Waals surface area contributed by atoms with Gasteiger partial charge in [-0.1, -0.05) is 0 Å². The molecule has 0 spiro atoms. The van der Waals surface area contributed by atoms with Crippen LogP contribution in [0.25, 0.3) is 10.9 Å². The molecule has 170 valence electrons. The van der Waals surface area contributed by atoms with Crippen molar-refractivity contribution >= 4 is 28.5 Å². The Morgan fingerprint density at radius 2 is 2.06 bits per heavy atom. The Labute approximate surface area is 192 Å². The summed E-state index contributed by atoms with van der Waals surface area (Å²) < 4.78 is 5.42. The largest absolute Gasteiger partial charge is 0.497 e. The molecule has 33 heavy (non-hydrogen) atoms. The summed E-state index contributed by atoms with van der Waals surface area (Å²) >= 11 is 0. The molecule has 0 radical (unpaired) electrons. The highest BCUT2D eigenvalue weighted by atomic mass is 16.5. The predicted octanol–water partition coefficient (Wildman–Crippen LogP) is 3.88. The molecule has 9 heteroatoms. The fourth-order valence-electron chi connectivity index (χ4n) is 6.28. The summed E-state index contributed by atoms with van der Waals surface area (Å²) in [5, 5.41) is 24.1. The van der Waals surface area contributed by atoms with Gasteiger partial charge in [-0.15, -0.1) is 0 Å². The van der Waals surface area contributed by atoms with Crippen LogP contribution in [0.1, 0.15) is 44.2 Å². The number of piperidine rings is 2. The van der Waals surface area contributed by atoms with Crippen molar-refractivity contribution in [2.45, 2.75) is 69.1 Å². The highest BCUT2D eigenvalue weighted by Crippen LogP contribution is 2.58. The Morgan fingerprint density at radius 1 is 1.24 bits per heavy atom. The lowest BCUT2D eigenvalue weighted by molar-refractivity contribution is -0.222. The number of rotatable bonds is 7. The van der Waals surface area contributed by atoms with Gasteiger partial charge < -0.3 is 15.4 Å². The number of benzene rings is 1. The van der Waals surface area contributed by atoms with Gasteiger partial charge >= 0.3 is 0 Å². The van der Waals surface area contributed by atoms with Crippen LogP contribution < -0.4 is 15.4 Å². The molecule has 3 saturated heterocycles. The van der Waals surface area contributed by atoms with Gasteiger partial charge in [-0.25, -0.2) is 4.98 Å². The molecule has 1 unspecified atom stereocenters. The summed E-state index contributed by atoms with van der Waals surface area (Å²) in [6.45, 7) is 1.97. The van der Waals surface area contributed by atoms with Crippen molar-refractivity contribution in [2.24, 2.45) is 0 Å². The molecule has 0 bridgehead atoms. The maximum absolute atomic E-state index is 8.98. The molecule has 5 heterocycles. The number of nitriles is 1. The Balaban J connectivity index is 1.24. The van der Waals surface area contributed by atoms with E-state index in [1.165, 1.54) is 12.8 Å². The molecule has 3 aliphatic rings. The van der Waals surface area contributed by atoms with Crippen LogP contribution in [0.15, 0.2) is 24.3 Å². The van der Waals surface area contributed by atoms with Crippen LogP contribution in [0.2, 0.25) is 0 Å². The molecule has 3 aromatic rings. The third kappa shape index (κ3) is 3.37. The van der Waals surface area contributed by atoms with Crippen molar-refractivity contribution in [2.75, 3.05) is 17.7 Å². The van der Waals surface area contributed by atoms with Crippen molar-refractivity contribution < 1.29 is 4.74 Å². The van der Waals surface area contributed by atoms with Crippen LogP contribution in [-0.4, -0.2) is 55.8 Å². The van der Waals surface area contributed by atoms with E-state index >= 15 is 0 Å². The second kappa shape index (κ2) is 7.59. The van der Waals surface area contributed by atoms with Gasteiger partial charge in [0.25, 0.3) is 0 Å². The number of hydrogen-bond donors (Lipinski definition) is 3. The van der Waals surface area contributed by atoms with E-state index in [0.29, 0.717) is 36.0 Å². The van der Waals surface area contributed by atoms with Crippen LogP contribution in [0.4, 0.5) is 17.6 Å². The highest BCUT2D eigenvalue weighted by molar-refractivity contribution is 5.92. The number of fused-ring (bicyclic) bond motifs is 1. The molecule has 4 atom stereocenters. The molecule has 6 rings (SSSR count). The zero-order valence-corrected chi connectivity index (χ0v) is 18.9. The Kier molecular flexibility index (Phi) is 4.66. The van der Waals surface area contributed by atoms with Crippen LogP contribution >= 0.6 is 0 Å². The minimum atomic E-state index is 0.324. The summed E-state index contributed by atoms with van der Waals surface area (Å²) in [5.41, 5.74) is 2.13. The van der Waals surface area contributed by atoms with E-state index in [0.717, 1.165) is 53.2 Å². The van der Waals surface area contributed by atoms with Gasteiger partial charge in [-0.2, -0.15) is 15.3 Å². The Hall–Kier alpha value is -3.38. The zero-order chi connectivity index (χ0) is 22.6. The molecular weight excluding hydrogens is 416 g/mol. The van der Waals surface area contributed by atoms with E-state index in [-0.39, 0.29) is 0 Å². The fourth-order valence-corrected chi connectivity index (χ4v) is 6.28. The number of nitrogens with zero attached hydrogens (tertiary/aromatic N) is 5. The molecule has 3 N–H and O–H groups in total. The average molecular weight is 445 g/mol. The minimum Gasteiger partial charge on any atom is -0.497 e. The molecule has 3 fully saturated rings. The second-order valence-corrected chi connectivity index (χ2v) is 9.66. The fraction of sp³-hybridized carbons (Fsp3) is 0.500. The Morgan fingerprint density at radius 3 is 2.76 bits per heavy atom. The SMILES string of the molecule is COc1ccc2c(Nc3cc(C)[nH]n3)nc(N[C@H]3C[C@@H]4CC5(CCC#N)C[C@H](C3)N45)nc2c1. The van der Waals surface area contributed by atoms with E-state index in [2.05, 4.69) is 31.8 Å². The number of aryl methyl sites for hydroxylation is 1. The minimum absolute atomic E-state index is 0.324. The standard InChI is InChI=1S/C24H28N8O/c1-14-8-21(31-30-14)28-22-19-5-4-18(33-2)11-20(19)27-23(29-22)26-15-9-16-12-24(6-3-7-25)13-17(10-15)32(16)24/h4-5,8,11,15-17H,3,6,9-10,12-13H2,1-2H3,(H3,26,27,28,29,30,31)/t15-,16+,17-,24?. The number of hydrogen-bond acceptors (Lipinski definition) is 8. The van der Waals surface area contributed by atoms with Crippen molar-refractivity contribution in [1.29, 1.82) is 5.26 Å². The number of aromatic nitrogens is 4. The summed E-state index contributed by atoms with van der Waals surface area (Å²) in [7, 11) is 1.66. The van der Waals surface area contributed by atoms with Gasteiger partial charge in [-0.05, 0) is 51.2 Å². The number of H-pyrrole nitrogens is 1. The van der Waals surface area contributed by atoms with Gasteiger partial charge in [0.2, 0.25) is 5.95 Å². The van der Waals surface area contributed by atoms with Crippen LogP contribution in [0.3, 0.4) is 0 Å². The molecule has 1 aromatic carbocycles. The van der Waals surface area contributed by atoms with Crippen molar-refractivity contribution in [3.05, 3.63) is 30.0 Å². The second-order valence-electron chi connectivity index (χ2n) is 9.66. The number of aromatic amines is 1. The first-order valence-electron chi connectivity index (χ1n) is 11.6. The topological polar surface area (TPSA) is 115 Å². The number of nitrogens with one attached hydrogen (secondary N) is 3. The van der Waals surface area contributed by atoms with Gasteiger partial charge in [0.1, 0.15) is 11.6 Å². The molecular formula is C24H28N8O. The number of anilines is 3. The van der Waals surface area contributed by atoms with Gasteiger partial charge in [0, 0.05) is 53.3 Å². The van der Waals surface area contributed by atoms with Crippen molar-refractivity contribution in [3.63, 3.8) is 0 Å². The summed E-state index contributed by atoms with van der Waals surface area (Å²) in [4.78, 5) is 12.3. The van der Waals surface area contributed by atoms with E-state index < -0.39 is 0 Å². The molecule has 0 saturated carbocycles. The van der Waals surface area contributed by atoms with Gasteiger partial charge in [-0.3, -0.25) is 10.00 Å². The smallest absolute Gasteiger partial charge is 0.225 e. The predicted molar refractivity (Wildman–Crippen MR) is 126 cm³/mol. The normalized spacial score (nSPS) is 27.7. The van der Waals surface area contributed by atoms with Crippen molar-refractivity contribution in [3.8, 4) is 11.8 Å². The first-order chi connectivity index (χ1) is 16.1. The molecule has 0 aliphatic carbocycles. The monoisotopic (exact) mass is 444 g/mol. The highest BCUT2D eigenvalue weighted by Gasteiger charge is 2.64. The molecule has 9 nitrogen and oxygen atoms in total. The summed E-state index contributed by atoms with van der Waals surface area (Å²) in [5.74, 6) is 2.83. The third-order valence-electron chi connectivity index (χ3n) is 7.57. The van der Waals surface area contributed by atoms with E-state index in [1.54, 1.807) is 7.11 Å². The maximum atomic E-state index is 8.98. The first kappa shape index (κ1) is 20.2. The maximum Gasteiger partial charge on any atom is 0.225 e. The van der Waals surface area contributed by atoms with Crippen molar-refractivity contribution in [1.82, 2.24) is 25.1 Å². The average Bonchev–Trinajstić information content (AvgIpc) is 3.18. The van der Waals surface area contributed by atoms with Crippen LogP contribution in [0.5, 0.6) is 5.75 Å².